The molecule has 3 saturated heterocycles. The first-order chi connectivity index (χ1) is 6.62. The molecule has 4 aliphatic rings. The summed E-state index contributed by atoms with van der Waals surface area (Å²) in [5, 5.41) is 0. The highest BCUT2D eigenvalue weighted by Crippen LogP contribution is 2.65. The van der Waals surface area contributed by atoms with Gasteiger partial charge in [-0.25, -0.2) is 0 Å². The van der Waals surface area contributed by atoms with Crippen LogP contribution in [0.4, 0.5) is 0 Å². The summed E-state index contributed by atoms with van der Waals surface area (Å²) in [4.78, 5) is 0. The Morgan fingerprint density at radius 3 is 1.93 bits per heavy atom. The lowest BCUT2D eigenvalue weighted by Crippen LogP contribution is -2.34. The van der Waals surface area contributed by atoms with Crippen molar-refractivity contribution in [1.29, 1.82) is 0 Å². The Balaban J connectivity index is 1.87. The molecule has 0 aromatic heterocycles. The quantitative estimate of drug-likeness (QED) is 0.585. The zero-order chi connectivity index (χ0) is 9.55. The van der Waals surface area contributed by atoms with Gasteiger partial charge in [-0.1, -0.05) is 0 Å². The van der Waals surface area contributed by atoms with Crippen LogP contribution in [0.2, 0.25) is 0 Å². The van der Waals surface area contributed by atoms with Crippen molar-refractivity contribution < 1.29 is 14.2 Å². The first kappa shape index (κ1) is 8.08. The Morgan fingerprint density at radius 2 is 1.43 bits per heavy atom. The van der Waals surface area contributed by atoms with Crippen molar-refractivity contribution in [2.75, 3.05) is 13.2 Å². The summed E-state index contributed by atoms with van der Waals surface area (Å²) >= 11 is 0. The molecule has 3 aliphatic heterocycles. The summed E-state index contributed by atoms with van der Waals surface area (Å²) in [6, 6.07) is 0. The molecule has 4 fully saturated rings. The van der Waals surface area contributed by atoms with Gasteiger partial charge in [-0.15, -0.1) is 0 Å². The zero-order valence-corrected chi connectivity index (χ0v) is 8.66. The van der Waals surface area contributed by atoms with Crippen LogP contribution in [0.1, 0.15) is 20.3 Å². The fourth-order valence-corrected chi connectivity index (χ4v) is 4.46. The van der Waals surface area contributed by atoms with Gasteiger partial charge in [0, 0.05) is 11.8 Å². The van der Waals surface area contributed by atoms with Crippen molar-refractivity contribution >= 4 is 0 Å². The number of hydrogen-bond acceptors (Lipinski definition) is 3. The fourth-order valence-electron chi connectivity index (χ4n) is 4.46. The van der Waals surface area contributed by atoms with Crippen LogP contribution >= 0.6 is 0 Å². The summed E-state index contributed by atoms with van der Waals surface area (Å²) in [6.07, 6.45) is 1.28. The molecule has 0 spiro atoms. The average molecular weight is 196 g/mol. The molecule has 0 radical (unpaired) electrons. The van der Waals surface area contributed by atoms with Crippen LogP contribution in [0.25, 0.3) is 0 Å². The molecule has 6 unspecified atom stereocenters. The number of rotatable bonds is 0. The van der Waals surface area contributed by atoms with Gasteiger partial charge >= 0.3 is 0 Å². The SMILES string of the molecule is CC12OCC3CC4COC(C)(O1)C4C32. The Kier molecular flexibility index (Phi) is 1.18. The van der Waals surface area contributed by atoms with Crippen LogP contribution in [0.15, 0.2) is 0 Å². The first-order valence-electron chi connectivity index (χ1n) is 5.60. The number of ether oxygens (including phenoxy) is 3. The maximum absolute atomic E-state index is 6.04. The predicted molar refractivity (Wildman–Crippen MR) is 48.4 cm³/mol. The van der Waals surface area contributed by atoms with Crippen LogP contribution in [-0.2, 0) is 14.2 Å². The summed E-state index contributed by atoms with van der Waals surface area (Å²) in [6.45, 7) is 5.97. The van der Waals surface area contributed by atoms with E-state index in [0.29, 0.717) is 11.8 Å². The second kappa shape index (κ2) is 2.04. The van der Waals surface area contributed by atoms with Crippen molar-refractivity contribution in [3.63, 3.8) is 0 Å². The van der Waals surface area contributed by atoms with Gasteiger partial charge in [0.05, 0.1) is 13.2 Å². The Labute approximate surface area is 83.7 Å². The molecular weight excluding hydrogens is 180 g/mol. The molecule has 4 rings (SSSR count). The lowest BCUT2D eigenvalue weighted by atomic mass is 9.83. The minimum atomic E-state index is -0.348. The Hall–Kier alpha value is -0.120. The normalized spacial score (nSPS) is 69.0. The fraction of sp³-hybridized carbons (Fsp3) is 1.00. The van der Waals surface area contributed by atoms with E-state index in [0.717, 1.165) is 25.0 Å². The Bertz CT molecular complexity index is 277. The second-order valence-electron chi connectivity index (χ2n) is 5.56. The van der Waals surface area contributed by atoms with Gasteiger partial charge in [0.2, 0.25) is 0 Å². The molecule has 78 valence electrons. The molecule has 0 amide bonds. The van der Waals surface area contributed by atoms with E-state index in [1.165, 1.54) is 6.42 Å². The third-order valence-corrected chi connectivity index (χ3v) is 4.79. The van der Waals surface area contributed by atoms with E-state index in [-0.39, 0.29) is 11.6 Å². The first-order valence-corrected chi connectivity index (χ1v) is 5.60. The highest BCUT2D eigenvalue weighted by atomic mass is 16.8. The summed E-state index contributed by atoms with van der Waals surface area (Å²) in [7, 11) is 0. The van der Waals surface area contributed by atoms with Crippen molar-refractivity contribution in [3.05, 3.63) is 0 Å². The molecule has 3 heterocycles. The largest absolute Gasteiger partial charge is 0.349 e. The van der Waals surface area contributed by atoms with Gasteiger partial charge in [0.25, 0.3) is 0 Å². The highest BCUT2D eigenvalue weighted by molar-refractivity contribution is 5.11. The second-order valence-corrected chi connectivity index (χ2v) is 5.56. The molecule has 3 heteroatoms. The van der Waals surface area contributed by atoms with E-state index in [2.05, 4.69) is 13.8 Å². The molecular formula is C11H16O3. The van der Waals surface area contributed by atoms with Crippen LogP contribution in [0, 0.1) is 23.7 Å². The van der Waals surface area contributed by atoms with Crippen LogP contribution in [0.3, 0.4) is 0 Å². The maximum Gasteiger partial charge on any atom is 0.172 e. The van der Waals surface area contributed by atoms with E-state index < -0.39 is 0 Å². The predicted octanol–water partition coefficient (Wildman–Crippen LogP) is 1.38. The smallest absolute Gasteiger partial charge is 0.172 e. The molecule has 0 bridgehead atoms. The third-order valence-electron chi connectivity index (χ3n) is 4.79. The van der Waals surface area contributed by atoms with Crippen molar-refractivity contribution in [2.45, 2.75) is 31.8 Å². The van der Waals surface area contributed by atoms with E-state index in [1.54, 1.807) is 0 Å². The highest BCUT2D eigenvalue weighted by Gasteiger charge is 2.72. The van der Waals surface area contributed by atoms with Gasteiger partial charge in [-0.2, -0.15) is 0 Å². The van der Waals surface area contributed by atoms with Crippen LogP contribution in [-0.4, -0.2) is 24.8 Å². The lowest BCUT2D eigenvalue weighted by molar-refractivity contribution is -0.294. The van der Waals surface area contributed by atoms with E-state index in [1.807, 2.05) is 0 Å². The van der Waals surface area contributed by atoms with Crippen molar-refractivity contribution in [1.82, 2.24) is 0 Å². The minimum absolute atomic E-state index is 0.348. The number of hydrogen-bond donors (Lipinski definition) is 0. The van der Waals surface area contributed by atoms with E-state index >= 15 is 0 Å². The van der Waals surface area contributed by atoms with Crippen LogP contribution < -0.4 is 0 Å². The van der Waals surface area contributed by atoms with Gasteiger partial charge in [-0.3, -0.25) is 0 Å². The van der Waals surface area contributed by atoms with Crippen LogP contribution in [0.5, 0.6) is 0 Å². The van der Waals surface area contributed by atoms with Crippen molar-refractivity contribution in [3.8, 4) is 0 Å². The molecule has 0 aromatic carbocycles. The molecule has 1 saturated carbocycles. The van der Waals surface area contributed by atoms with Gasteiger partial charge < -0.3 is 14.2 Å². The molecule has 6 atom stereocenters. The van der Waals surface area contributed by atoms with Gasteiger partial charge in [-0.05, 0) is 32.1 Å². The zero-order valence-electron chi connectivity index (χ0n) is 8.66. The molecule has 14 heavy (non-hydrogen) atoms. The summed E-state index contributed by atoms with van der Waals surface area (Å²) in [5.41, 5.74) is 0. The molecule has 0 aromatic rings. The summed E-state index contributed by atoms with van der Waals surface area (Å²) < 4.78 is 17.7. The van der Waals surface area contributed by atoms with E-state index in [9.17, 15) is 0 Å². The maximum atomic E-state index is 6.04. The lowest BCUT2D eigenvalue weighted by Gasteiger charge is -2.27. The van der Waals surface area contributed by atoms with Gasteiger partial charge in [0.1, 0.15) is 0 Å². The Morgan fingerprint density at radius 1 is 0.929 bits per heavy atom. The third kappa shape index (κ3) is 0.668. The monoisotopic (exact) mass is 196 g/mol. The topological polar surface area (TPSA) is 27.7 Å². The average Bonchev–Trinajstić information content (AvgIpc) is 2.72. The molecule has 0 N–H and O–H groups in total. The molecule has 3 nitrogen and oxygen atoms in total. The van der Waals surface area contributed by atoms with Crippen molar-refractivity contribution in [2.24, 2.45) is 23.7 Å². The van der Waals surface area contributed by atoms with Gasteiger partial charge in [0.15, 0.2) is 11.6 Å². The minimum Gasteiger partial charge on any atom is -0.349 e. The standard InChI is InChI=1S/C11H16O3/c1-10-8-6(4-12-10)3-7-5-13-11(2,14-10)9(7)8/h6-9H,3-5H2,1-2H3. The molecule has 1 aliphatic carbocycles. The summed E-state index contributed by atoms with van der Waals surface area (Å²) in [5.74, 6) is 1.92. The van der Waals surface area contributed by atoms with E-state index in [4.69, 9.17) is 14.2 Å².